The monoisotopic (exact) mass is 419 g/mol. The van der Waals surface area contributed by atoms with E-state index in [0.717, 1.165) is 20.1 Å². The molecule has 3 aromatic rings. The van der Waals surface area contributed by atoms with Gasteiger partial charge in [0, 0.05) is 22.2 Å². The topological polar surface area (TPSA) is 47.0 Å². The Hall–Kier alpha value is -1.63. The number of halogens is 1. The fraction of sp³-hybridized carbons (Fsp3) is 0.111. The molecule has 2 N–H and O–H groups in total. The molecule has 122 valence electrons. The standard InChI is InChI=1S/C18H15BrN2OS2/c1-2-23-18-15(21-10-4-3-5-11-21)14(20)17(24-18)16(22)12-6-8-13(19)9-7-12/h3-11H,2H2,1H3,(H-,20,22)/p+1. The molecule has 0 saturated carbocycles. The van der Waals surface area contributed by atoms with Gasteiger partial charge in [-0.1, -0.05) is 28.9 Å². The van der Waals surface area contributed by atoms with Crippen molar-refractivity contribution in [2.75, 3.05) is 11.5 Å². The molecule has 1 aromatic carbocycles. The molecule has 0 atom stereocenters. The van der Waals surface area contributed by atoms with E-state index in [1.165, 1.54) is 11.3 Å². The van der Waals surface area contributed by atoms with Crippen LogP contribution >= 0.6 is 39.0 Å². The number of nitrogen functional groups attached to an aromatic ring is 1. The lowest BCUT2D eigenvalue weighted by Gasteiger charge is -2.00. The van der Waals surface area contributed by atoms with Gasteiger partial charge in [-0.15, -0.1) is 23.1 Å². The van der Waals surface area contributed by atoms with Crippen LogP contribution < -0.4 is 10.3 Å². The highest BCUT2D eigenvalue weighted by Crippen LogP contribution is 2.39. The van der Waals surface area contributed by atoms with E-state index in [9.17, 15) is 4.79 Å². The minimum absolute atomic E-state index is 0.0364. The molecular formula is C18H16BrN2OS2+. The quantitative estimate of drug-likeness (QED) is 0.369. The first kappa shape index (κ1) is 17.2. The molecule has 3 rings (SSSR count). The number of aromatic nitrogens is 1. The first-order valence-corrected chi connectivity index (χ1v) is 10.0. The van der Waals surface area contributed by atoms with E-state index >= 15 is 0 Å². The van der Waals surface area contributed by atoms with Crippen molar-refractivity contribution in [1.82, 2.24) is 0 Å². The molecule has 0 unspecified atom stereocenters. The smallest absolute Gasteiger partial charge is 0.259 e. The third-order valence-electron chi connectivity index (χ3n) is 3.45. The Morgan fingerprint density at radius 3 is 2.50 bits per heavy atom. The predicted octanol–water partition coefficient (Wildman–Crippen LogP) is 4.71. The summed E-state index contributed by atoms with van der Waals surface area (Å²) in [6.07, 6.45) is 3.90. The number of rotatable bonds is 5. The average molecular weight is 420 g/mol. The molecular weight excluding hydrogens is 404 g/mol. The maximum Gasteiger partial charge on any atom is 0.259 e. The Labute approximate surface area is 157 Å². The zero-order valence-electron chi connectivity index (χ0n) is 13.0. The highest BCUT2D eigenvalue weighted by Gasteiger charge is 2.28. The van der Waals surface area contributed by atoms with Crippen molar-refractivity contribution in [3.8, 4) is 5.69 Å². The number of hydrogen-bond donors (Lipinski definition) is 1. The minimum atomic E-state index is -0.0364. The van der Waals surface area contributed by atoms with Gasteiger partial charge in [-0.3, -0.25) is 4.79 Å². The van der Waals surface area contributed by atoms with Gasteiger partial charge in [-0.05, 0) is 30.0 Å². The van der Waals surface area contributed by atoms with Crippen molar-refractivity contribution in [3.05, 3.63) is 69.8 Å². The summed E-state index contributed by atoms with van der Waals surface area (Å²) in [6.45, 7) is 2.09. The second-order valence-electron chi connectivity index (χ2n) is 5.03. The van der Waals surface area contributed by atoms with Crippen molar-refractivity contribution in [2.24, 2.45) is 0 Å². The van der Waals surface area contributed by atoms with Crippen LogP contribution in [0.3, 0.4) is 0 Å². The molecule has 0 amide bonds. The van der Waals surface area contributed by atoms with Crippen LogP contribution in [-0.2, 0) is 0 Å². The number of thiophene rings is 1. The first-order chi connectivity index (χ1) is 11.6. The van der Waals surface area contributed by atoms with Gasteiger partial charge in [0.1, 0.15) is 14.8 Å². The van der Waals surface area contributed by atoms with E-state index in [1.54, 1.807) is 11.8 Å². The van der Waals surface area contributed by atoms with Gasteiger partial charge in [0.15, 0.2) is 12.4 Å². The summed E-state index contributed by atoms with van der Waals surface area (Å²) >= 11 is 6.57. The van der Waals surface area contributed by atoms with Crippen LogP contribution in [0.25, 0.3) is 5.69 Å². The summed E-state index contributed by atoms with van der Waals surface area (Å²) in [5.41, 5.74) is 8.46. The molecule has 0 aliphatic rings. The molecule has 2 heterocycles. The van der Waals surface area contributed by atoms with E-state index in [0.29, 0.717) is 16.1 Å². The summed E-state index contributed by atoms with van der Waals surface area (Å²) < 4.78 is 3.98. The van der Waals surface area contributed by atoms with Crippen LogP contribution in [0.2, 0.25) is 0 Å². The Bertz CT molecular complexity index is 861. The number of carbonyl (C=O) groups is 1. The lowest BCUT2D eigenvalue weighted by molar-refractivity contribution is -0.596. The lowest BCUT2D eigenvalue weighted by Crippen LogP contribution is -2.30. The summed E-state index contributed by atoms with van der Waals surface area (Å²) in [4.78, 5) is 13.5. The summed E-state index contributed by atoms with van der Waals surface area (Å²) in [5.74, 6) is 0.887. The van der Waals surface area contributed by atoms with E-state index in [4.69, 9.17) is 5.73 Å². The Morgan fingerprint density at radius 2 is 1.88 bits per heavy atom. The molecule has 0 spiro atoms. The molecule has 0 radical (unpaired) electrons. The number of benzene rings is 1. The van der Waals surface area contributed by atoms with Gasteiger partial charge in [0.25, 0.3) is 5.69 Å². The average Bonchev–Trinajstić information content (AvgIpc) is 2.92. The van der Waals surface area contributed by atoms with Crippen LogP contribution in [0, 0.1) is 0 Å². The zero-order chi connectivity index (χ0) is 17.1. The van der Waals surface area contributed by atoms with Crippen LogP contribution in [-0.4, -0.2) is 11.5 Å². The molecule has 2 aromatic heterocycles. The van der Waals surface area contributed by atoms with E-state index in [2.05, 4.69) is 22.9 Å². The maximum atomic E-state index is 12.9. The first-order valence-electron chi connectivity index (χ1n) is 7.43. The van der Waals surface area contributed by atoms with Gasteiger partial charge in [-0.2, -0.15) is 4.57 Å². The van der Waals surface area contributed by atoms with Crippen molar-refractivity contribution < 1.29 is 9.36 Å². The molecule has 0 bridgehead atoms. The molecule has 0 aliphatic heterocycles. The minimum Gasteiger partial charge on any atom is -0.392 e. The van der Waals surface area contributed by atoms with Gasteiger partial charge in [0.2, 0.25) is 5.78 Å². The summed E-state index contributed by atoms with van der Waals surface area (Å²) in [6, 6.07) is 13.2. The normalized spacial score (nSPS) is 10.8. The zero-order valence-corrected chi connectivity index (χ0v) is 16.2. The second-order valence-corrected chi connectivity index (χ2v) is 8.50. The van der Waals surface area contributed by atoms with Crippen LogP contribution in [0.15, 0.2) is 63.5 Å². The van der Waals surface area contributed by atoms with E-state index in [-0.39, 0.29) is 5.78 Å². The number of ketones is 1. The Balaban J connectivity index is 2.09. The molecule has 0 saturated heterocycles. The van der Waals surface area contributed by atoms with Gasteiger partial charge >= 0.3 is 0 Å². The molecule has 24 heavy (non-hydrogen) atoms. The second kappa shape index (κ2) is 7.51. The number of carbonyl (C=O) groups excluding carboxylic acids is 1. The Kier molecular flexibility index (Phi) is 5.38. The highest BCUT2D eigenvalue weighted by atomic mass is 79.9. The van der Waals surface area contributed by atoms with Crippen molar-refractivity contribution in [3.63, 3.8) is 0 Å². The molecule has 0 fully saturated rings. The molecule has 6 heteroatoms. The van der Waals surface area contributed by atoms with Crippen LogP contribution in [0.1, 0.15) is 22.2 Å². The largest absolute Gasteiger partial charge is 0.392 e. The number of nitrogens with two attached hydrogens (primary N) is 1. The van der Waals surface area contributed by atoms with Gasteiger partial charge in [0.05, 0.1) is 0 Å². The van der Waals surface area contributed by atoms with Crippen LogP contribution in [0.4, 0.5) is 5.69 Å². The number of nitrogens with zero attached hydrogens (tertiary/aromatic N) is 1. The summed E-state index contributed by atoms with van der Waals surface area (Å²) in [7, 11) is 0. The lowest BCUT2D eigenvalue weighted by atomic mass is 10.1. The van der Waals surface area contributed by atoms with Crippen molar-refractivity contribution in [2.45, 2.75) is 11.1 Å². The van der Waals surface area contributed by atoms with E-state index < -0.39 is 0 Å². The van der Waals surface area contributed by atoms with Gasteiger partial charge in [-0.25, -0.2) is 0 Å². The van der Waals surface area contributed by atoms with Crippen LogP contribution in [0.5, 0.6) is 0 Å². The Morgan fingerprint density at radius 1 is 1.21 bits per heavy atom. The third-order valence-corrected chi connectivity index (χ3v) is 6.31. The third kappa shape index (κ3) is 3.41. The number of pyridine rings is 1. The number of hydrogen-bond acceptors (Lipinski definition) is 4. The number of anilines is 1. The van der Waals surface area contributed by atoms with Crippen molar-refractivity contribution >= 4 is 50.5 Å². The fourth-order valence-electron chi connectivity index (χ4n) is 2.34. The molecule has 0 aliphatic carbocycles. The van der Waals surface area contributed by atoms with E-state index in [1.807, 2.05) is 59.4 Å². The van der Waals surface area contributed by atoms with Crippen molar-refractivity contribution in [1.29, 1.82) is 0 Å². The predicted molar refractivity (Wildman–Crippen MR) is 104 cm³/mol. The molecule has 3 nitrogen and oxygen atoms in total. The maximum absolute atomic E-state index is 12.9. The highest BCUT2D eigenvalue weighted by molar-refractivity contribution is 9.10. The SMILES string of the molecule is CCSc1sc(C(=O)c2ccc(Br)cc2)c(N)c1-[n+]1ccccc1. The van der Waals surface area contributed by atoms with Gasteiger partial charge < -0.3 is 5.73 Å². The number of thioether (sulfide) groups is 1. The fourth-order valence-corrected chi connectivity index (χ4v) is 4.97. The summed E-state index contributed by atoms with van der Waals surface area (Å²) in [5, 5.41) is 0.